The molecule has 1 aliphatic rings. The number of aliphatic hydroxyl groups excluding tert-OH is 1. The Balaban J connectivity index is 2.36. The molecule has 0 saturated carbocycles. The summed E-state index contributed by atoms with van der Waals surface area (Å²) < 4.78 is 0.722. The molecule has 0 aromatic heterocycles. The Kier molecular flexibility index (Phi) is 3.31. The van der Waals surface area contributed by atoms with Crippen molar-refractivity contribution < 1.29 is 14.7 Å². The lowest BCUT2D eigenvalue weighted by Crippen LogP contribution is -2.32. The maximum absolute atomic E-state index is 11.8. The standard InChI is InChI=1S/C12H12BrNO3/c1-7(15)5-6-14-10-8(11(16)12(14)17)3-2-4-9(10)13/h2-4,7,15H,5-6H2,1H3. The molecule has 0 bridgehead atoms. The fraction of sp³-hybridized carbons (Fsp3) is 0.333. The van der Waals surface area contributed by atoms with E-state index < -0.39 is 17.8 Å². The van der Waals surface area contributed by atoms with Gasteiger partial charge in [0, 0.05) is 11.0 Å². The summed E-state index contributed by atoms with van der Waals surface area (Å²) in [4.78, 5) is 25.0. The van der Waals surface area contributed by atoms with Gasteiger partial charge in [-0.3, -0.25) is 9.59 Å². The number of hydrogen-bond acceptors (Lipinski definition) is 3. The number of hydrogen-bond donors (Lipinski definition) is 1. The first-order chi connectivity index (χ1) is 8.02. The molecule has 1 aliphatic heterocycles. The average Bonchev–Trinajstić information content (AvgIpc) is 2.52. The van der Waals surface area contributed by atoms with Crippen LogP contribution in [-0.4, -0.2) is 29.4 Å². The van der Waals surface area contributed by atoms with Gasteiger partial charge < -0.3 is 10.0 Å². The number of carbonyl (C=O) groups is 2. The molecular weight excluding hydrogens is 286 g/mol. The van der Waals surface area contributed by atoms with Gasteiger partial charge in [-0.05, 0) is 41.4 Å². The summed E-state index contributed by atoms with van der Waals surface area (Å²) in [6.45, 7) is 2.00. The minimum atomic E-state index is -0.521. The third-order valence-electron chi connectivity index (χ3n) is 2.71. The zero-order chi connectivity index (χ0) is 12.6. The fourth-order valence-electron chi connectivity index (χ4n) is 1.84. The lowest BCUT2D eigenvalue weighted by Gasteiger charge is -2.18. The predicted molar refractivity (Wildman–Crippen MR) is 67.1 cm³/mol. The van der Waals surface area contributed by atoms with Crippen LogP contribution >= 0.6 is 15.9 Å². The summed E-state index contributed by atoms with van der Waals surface area (Å²) in [6, 6.07) is 5.16. The van der Waals surface area contributed by atoms with E-state index in [0.29, 0.717) is 24.2 Å². The lowest BCUT2D eigenvalue weighted by molar-refractivity contribution is -0.114. The summed E-state index contributed by atoms with van der Waals surface area (Å²) in [5.41, 5.74) is 1.04. The molecule has 1 unspecified atom stereocenters. The Bertz CT molecular complexity index is 485. The number of ketones is 1. The molecule has 0 aliphatic carbocycles. The normalized spacial score (nSPS) is 16.3. The molecule has 5 heteroatoms. The van der Waals surface area contributed by atoms with Crippen LogP contribution in [0.25, 0.3) is 0 Å². The number of amides is 1. The Morgan fingerprint density at radius 1 is 1.41 bits per heavy atom. The second-order valence-electron chi connectivity index (χ2n) is 4.06. The molecule has 0 spiro atoms. The predicted octanol–water partition coefficient (Wildman–Crippen LogP) is 1.75. The molecule has 17 heavy (non-hydrogen) atoms. The second-order valence-corrected chi connectivity index (χ2v) is 4.91. The number of rotatable bonds is 3. The third kappa shape index (κ3) is 2.12. The van der Waals surface area contributed by atoms with Crippen LogP contribution in [0.5, 0.6) is 0 Å². The molecule has 90 valence electrons. The van der Waals surface area contributed by atoms with Gasteiger partial charge in [-0.1, -0.05) is 6.07 Å². The molecule has 0 fully saturated rings. The van der Waals surface area contributed by atoms with Crippen molar-refractivity contribution in [1.82, 2.24) is 0 Å². The molecule has 0 radical (unpaired) electrons. The second kappa shape index (κ2) is 4.58. The van der Waals surface area contributed by atoms with Crippen LogP contribution in [0.15, 0.2) is 22.7 Å². The number of Topliss-reactive ketones (excluding diaryl/α,β-unsaturated/α-hetero) is 1. The van der Waals surface area contributed by atoms with Gasteiger partial charge >= 0.3 is 0 Å². The van der Waals surface area contributed by atoms with Crippen molar-refractivity contribution >= 4 is 33.3 Å². The molecule has 1 aromatic rings. The molecule has 0 saturated heterocycles. The summed E-state index contributed by atoms with van der Waals surface area (Å²) in [7, 11) is 0. The molecule has 1 atom stereocenters. The highest BCUT2D eigenvalue weighted by Crippen LogP contribution is 2.35. The van der Waals surface area contributed by atoms with Gasteiger partial charge in [0.1, 0.15) is 0 Å². The minimum absolute atomic E-state index is 0.345. The lowest BCUT2D eigenvalue weighted by atomic mass is 10.1. The van der Waals surface area contributed by atoms with Crippen LogP contribution in [-0.2, 0) is 4.79 Å². The van der Waals surface area contributed by atoms with Gasteiger partial charge in [0.2, 0.25) is 0 Å². The molecule has 1 amide bonds. The molecular formula is C12H12BrNO3. The van der Waals surface area contributed by atoms with Gasteiger partial charge in [0.15, 0.2) is 0 Å². The van der Waals surface area contributed by atoms with E-state index in [0.717, 1.165) is 4.47 Å². The average molecular weight is 298 g/mol. The Labute approximate surface area is 107 Å². The third-order valence-corrected chi connectivity index (χ3v) is 3.35. The highest BCUT2D eigenvalue weighted by atomic mass is 79.9. The first-order valence-corrected chi connectivity index (χ1v) is 6.14. The highest BCUT2D eigenvalue weighted by molar-refractivity contribution is 9.10. The SMILES string of the molecule is CC(O)CCN1C(=O)C(=O)c2cccc(Br)c21. The van der Waals surface area contributed by atoms with Crippen molar-refractivity contribution in [2.24, 2.45) is 0 Å². The minimum Gasteiger partial charge on any atom is -0.393 e. The number of para-hydroxylation sites is 1. The summed E-state index contributed by atoms with van der Waals surface area (Å²) in [5.74, 6) is -1.00. The summed E-state index contributed by atoms with van der Waals surface area (Å²) >= 11 is 3.34. The van der Waals surface area contributed by atoms with Crippen LogP contribution in [0.3, 0.4) is 0 Å². The summed E-state index contributed by atoms with van der Waals surface area (Å²) in [6.07, 6.45) is -0.0516. The van der Waals surface area contributed by atoms with Gasteiger partial charge in [-0.25, -0.2) is 0 Å². The quantitative estimate of drug-likeness (QED) is 0.865. The number of fused-ring (bicyclic) bond motifs is 1. The van der Waals surface area contributed by atoms with E-state index in [-0.39, 0.29) is 0 Å². The van der Waals surface area contributed by atoms with Crippen LogP contribution in [0.2, 0.25) is 0 Å². The monoisotopic (exact) mass is 297 g/mol. The molecule has 1 aromatic carbocycles. The van der Waals surface area contributed by atoms with Crippen LogP contribution in [0.4, 0.5) is 5.69 Å². The van der Waals surface area contributed by atoms with E-state index in [2.05, 4.69) is 15.9 Å². The van der Waals surface area contributed by atoms with E-state index in [4.69, 9.17) is 0 Å². The molecule has 1 N–H and O–H groups in total. The number of anilines is 1. The number of halogens is 1. The largest absolute Gasteiger partial charge is 0.393 e. The first kappa shape index (κ1) is 12.3. The smallest absolute Gasteiger partial charge is 0.299 e. The van der Waals surface area contributed by atoms with Crippen molar-refractivity contribution in [3.8, 4) is 0 Å². The van der Waals surface area contributed by atoms with E-state index in [9.17, 15) is 14.7 Å². The van der Waals surface area contributed by atoms with Crippen molar-refractivity contribution in [2.45, 2.75) is 19.4 Å². The molecule has 2 rings (SSSR count). The zero-order valence-corrected chi connectivity index (χ0v) is 10.9. The maximum Gasteiger partial charge on any atom is 0.299 e. The number of carbonyl (C=O) groups excluding carboxylic acids is 2. The molecule has 1 heterocycles. The van der Waals surface area contributed by atoms with Crippen LogP contribution in [0.1, 0.15) is 23.7 Å². The van der Waals surface area contributed by atoms with Gasteiger partial charge in [-0.15, -0.1) is 0 Å². The van der Waals surface area contributed by atoms with Gasteiger partial charge in [0.25, 0.3) is 11.7 Å². The fourth-order valence-corrected chi connectivity index (χ4v) is 2.42. The topological polar surface area (TPSA) is 57.6 Å². The maximum atomic E-state index is 11.8. The van der Waals surface area contributed by atoms with E-state index in [1.165, 1.54) is 4.90 Å². The van der Waals surface area contributed by atoms with E-state index in [1.807, 2.05) is 0 Å². The number of benzene rings is 1. The van der Waals surface area contributed by atoms with Gasteiger partial charge in [-0.2, -0.15) is 0 Å². The Morgan fingerprint density at radius 2 is 2.12 bits per heavy atom. The van der Waals surface area contributed by atoms with Gasteiger partial charge in [0.05, 0.1) is 17.4 Å². The van der Waals surface area contributed by atoms with E-state index in [1.54, 1.807) is 25.1 Å². The van der Waals surface area contributed by atoms with Crippen LogP contribution < -0.4 is 4.90 Å². The highest BCUT2D eigenvalue weighted by Gasteiger charge is 2.36. The first-order valence-electron chi connectivity index (χ1n) is 5.35. The number of nitrogens with zero attached hydrogens (tertiary/aromatic N) is 1. The van der Waals surface area contributed by atoms with Crippen LogP contribution in [0, 0.1) is 0 Å². The number of aliphatic hydroxyl groups is 1. The Morgan fingerprint density at radius 3 is 2.76 bits per heavy atom. The van der Waals surface area contributed by atoms with Crippen molar-refractivity contribution in [2.75, 3.05) is 11.4 Å². The summed E-state index contributed by atoms with van der Waals surface area (Å²) in [5, 5.41) is 9.25. The van der Waals surface area contributed by atoms with Crippen molar-refractivity contribution in [3.63, 3.8) is 0 Å². The van der Waals surface area contributed by atoms with E-state index >= 15 is 0 Å². The zero-order valence-electron chi connectivity index (χ0n) is 9.31. The van der Waals surface area contributed by atoms with Crippen molar-refractivity contribution in [3.05, 3.63) is 28.2 Å². The van der Waals surface area contributed by atoms with Crippen molar-refractivity contribution in [1.29, 1.82) is 0 Å². The Hall–Kier alpha value is -1.20. The molecule has 4 nitrogen and oxygen atoms in total.